The Morgan fingerprint density at radius 3 is 2.72 bits per heavy atom. The maximum absolute atomic E-state index is 13.8. The van der Waals surface area contributed by atoms with Gasteiger partial charge in [0.2, 0.25) is 5.91 Å². The fourth-order valence-corrected chi connectivity index (χ4v) is 4.57. The first kappa shape index (κ1) is 22.4. The summed E-state index contributed by atoms with van der Waals surface area (Å²) in [5.41, 5.74) is 0.976. The van der Waals surface area contributed by atoms with Gasteiger partial charge >= 0.3 is 0 Å². The van der Waals surface area contributed by atoms with Gasteiger partial charge in [-0.3, -0.25) is 19.5 Å². The predicted molar refractivity (Wildman–Crippen MR) is 122 cm³/mol. The van der Waals surface area contributed by atoms with Crippen molar-refractivity contribution in [2.24, 2.45) is 0 Å². The Bertz CT molecular complexity index is 937. The summed E-state index contributed by atoms with van der Waals surface area (Å²) in [4.78, 5) is 36.7. The molecule has 0 bridgehead atoms. The summed E-state index contributed by atoms with van der Waals surface area (Å²) < 4.78 is 6.29. The van der Waals surface area contributed by atoms with E-state index in [1.165, 1.54) is 0 Å². The third kappa shape index (κ3) is 4.40. The topological polar surface area (TPSA) is 66.0 Å². The minimum atomic E-state index is -1.06. The predicted octanol–water partition coefficient (Wildman–Crippen LogP) is 2.15. The summed E-state index contributed by atoms with van der Waals surface area (Å²) in [7, 11) is 1.95. The molecule has 0 saturated carbocycles. The van der Waals surface area contributed by atoms with Crippen LogP contribution < -0.4 is 0 Å². The second kappa shape index (κ2) is 9.38. The molecule has 1 aromatic heterocycles. The number of amides is 2. The van der Waals surface area contributed by atoms with Crippen LogP contribution in [0.2, 0.25) is 0 Å². The average Bonchev–Trinajstić information content (AvgIpc) is 3.06. The second-order valence-corrected chi connectivity index (χ2v) is 9.07. The Morgan fingerprint density at radius 2 is 2.03 bits per heavy atom. The van der Waals surface area contributed by atoms with Gasteiger partial charge in [0.25, 0.3) is 5.91 Å². The van der Waals surface area contributed by atoms with Gasteiger partial charge in [0.1, 0.15) is 0 Å². The SMILES string of the molecule is CC(C)N(C)CC(=O)N1CCOC2(C1)C(=O)N(Cc1cccnc1)CC2c1ccccc1. The summed E-state index contributed by atoms with van der Waals surface area (Å²) in [6.07, 6.45) is 3.51. The standard InChI is InChI=1S/C25H32N4O3/c1-19(2)27(3)17-23(30)28-12-13-32-25(18-28)22(21-9-5-4-6-10-21)16-29(24(25)31)15-20-8-7-11-26-14-20/h4-11,14,19,22H,12-13,15-18H2,1-3H3. The number of rotatable bonds is 6. The van der Waals surface area contributed by atoms with E-state index in [2.05, 4.69) is 18.8 Å². The number of likely N-dealkylation sites (tertiary alicyclic amines) is 1. The van der Waals surface area contributed by atoms with Gasteiger partial charge in [0.05, 0.1) is 19.7 Å². The molecule has 2 atom stereocenters. The highest BCUT2D eigenvalue weighted by Crippen LogP contribution is 2.42. The fourth-order valence-electron chi connectivity index (χ4n) is 4.57. The number of ether oxygens (including phenoxy) is 1. The van der Waals surface area contributed by atoms with Crippen molar-refractivity contribution >= 4 is 11.8 Å². The minimum Gasteiger partial charge on any atom is -0.361 e. The lowest BCUT2D eigenvalue weighted by molar-refractivity contribution is -0.168. The van der Waals surface area contributed by atoms with Crippen molar-refractivity contribution in [3.05, 3.63) is 66.0 Å². The monoisotopic (exact) mass is 436 g/mol. The molecule has 2 unspecified atom stereocenters. The van der Waals surface area contributed by atoms with Crippen LogP contribution in [0.5, 0.6) is 0 Å². The molecule has 0 radical (unpaired) electrons. The zero-order valence-corrected chi connectivity index (χ0v) is 19.1. The molecular weight excluding hydrogens is 404 g/mol. The Morgan fingerprint density at radius 1 is 1.25 bits per heavy atom. The summed E-state index contributed by atoms with van der Waals surface area (Å²) in [5, 5.41) is 0. The molecule has 170 valence electrons. The molecule has 2 aliphatic rings. The number of hydrogen-bond donors (Lipinski definition) is 0. The van der Waals surface area contributed by atoms with Gasteiger partial charge in [-0.15, -0.1) is 0 Å². The molecule has 2 aromatic rings. The fraction of sp³-hybridized carbons (Fsp3) is 0.480. The number of pyridine rings is 1. The highest BCUT2D eigenvalue weighted by atomic mass is 16.5. The number of carbonyl (C=O) groups excluding carboxylic acids is 2. The third-order valence-electron chi connectivity index (χ3n) is 6.68. The van der Waals surface area contributed by atoms with Crippen molar-refractivity contribution in [3.63, 3.8) is 0 Å². The second-order valence-electron chi connectivity index (χ2n) is 9.07. The van der Waals surface area contributed by atoms with E-state index in [9.17, 15) is 9.59 Å². The van der Waals surface area contributed by atoms with E-state index in [1.54, 1.807) is 12.4 Å². The highest BCUT2D eigenvalue weighted by molar-refractivity contribution is 5.91. The van der Waals surface area contributed by atoms with Gasteiger partial charge < -0.3 is 14.5 Å². The Kier molecular flexibility index (Phi) is 6.58. The van der Waals surface area contributed by atoms with Gasteiger partial charge in [-0.1, -0.05) is 36.4 Å². The van der Waals surface area contributed by atoms with Crippen molar-refractivity contribution in [2.45, 2.75) is 38.0 Å². The van der Waals surface area contributed by atoms with E-state index in [1.807, 2.05) is 64.2 Å². The molecule has 2 amide bonds. The molecule has 2 aliphatic heterocycles. The zero-order chi connectivity index (χ0) is 22.7. The van der Waals surface area contributed by atoms with Crippen LogP contribution in [-0.4, -0.2) is 83.0 Å². The quantitative estimate of drug-likeness (QED) is 0.694. The normalized spacial score (nSPS) is 23.5. The van der Waals surface area contributed by atoms with Crippen molar-refractivity contribution in [2.75, 3.05) is 39.8 Å². The molecule has 3 heterocycles. The number of benzene rings is 1. The van der Waals surface area contributed by atoms with Crippen molar-refractivity contribution in [3.8, 4) is 0 Å². The first-order chi connectivity index (χ1) is 15.4. The first-order valence-corrected chi connectivity index (χ1v) is 11.3. The third-order valence-corrected chi connectivity index (χ3v) is 6.68. The summed E-state index contributed by atoms with van der Waals surface area (Å²) in [5.74, 6) is -0.162. The van der Waals surface area contributed by atoms with Gasteiger partial charge in [-0.05, 0) is 38.1 Å². The van der Waals surface area contributed by atoms with Gasteiger partial charge in [-0.2, -0.15) is 0 Å². The lowest BCUT2D eigenvalue weighted by Gasteiger charge is -2.42. The van der Waals surface area contributed by atoms with Gasteiger partial charge in [0, 0.05) is 44.0 Å². The van der Waals surface area contributed by atoms with E-state index in [-0.39, 0.29) is 30.3 Å². The maximum atomic E-state index is 13.8. The molecule has 0 aliphatic carbocycles. The highest BCUT2D eigenvalue weighted by Gasteiger charge is 2.58. The smallest absolute Gasteiger partial charge is 0.257 e. The molecule has 1 aromatic carbocycles. The molecule has 32 heavy (non-hydrogen) atoms. The Labute approximate surface area is 190 Å². The molecular formula is C25H32N4O3. The number of hydrogen-bond acceptors (Lipinski definition) is 5. The van der Waals surface area contributed by atoms with Crippen LogP contribution in [-0.2, 0) is 20.9 Å². The lowest BCUT2D eigenvalue weighted by Crippen LogP contribution is -2.60. The van der Waals surface area contributed by atoms with Crippen molar-refractivity contribution in [1.82, 2.24) is 19.7 Å². The minimum absolute atomic E-state index is 0.0363. The molecule has 7 nitrogen and oxygen atoms in total. The van der Waals surface area contributed by atoms with Crippen molar-refractivity contribution in [1.29, 1.82) is 0 Å². The number of morpholine rings is 1. The number of aromatic nitrogens is 1. The molecule has 2 saturated heterocycles. The van der Waals surface area contributed by atoms with E-state index < -0.39 is 5.60 Å². The van der Waals surface area contributed by atoms with Crippen molar-refractivity contribution < 1.29 is 14.3 Å². The largest absolute Gasteiger partial charge is 0.361 e. The van der Waals surface area contributed by atoms with Crippen LogP contribution in [0, 0.1) is 0 Å². The van der Waals surface area contributed by atoms with Crippen LogP contribution in [0.4, 0.5) is 0 Å². The molecule has 4 rings (SSSR count). The van der Waals surface area contributed by atoms with Crippen LogP contribution in [0.25, 0.3) is 0 Å². The summed E-state index contributed by atoms with van der Waals surface area (Å²) >= 11 is 0. The number of likely N-dealkylation sites (N-methyl/N-ethyl adjacent to an activating group) is 1. The van der Waals surface area contributed by atoms with Gasteiger partial charge in [-0.25, -0.2) is 0 Å². The van der Waals surface area contributed by atoms with Crippen LogP contribution in [0.15, 0.2) is 54.9 Å². The van der Waals surface area contributed by atoms with E-state index >= 15 is 0 Å². The maximum Gasteiger partial charge on any atom is 0.257 e. The van der Waals surface area contributed by atoms with E-state index in [4.69, 9.17) is 4.74 Å². The molecule has 2 fully saturated rings. The molecule has 1 spiro atoms. The molecule has 0 N–H and O–H groups in total. The number of nitrogens with zero attached hydrogens (tertiary/aromatic N) is 4. The van der Waals surface area contributed by atoms with Crippen LogP contribution in [0.3, 0.4) is 0 Å². The molecule has 7 heteroatoms. The Balaban J connectivity index is 1.62. The zero-order valence-electron chi connectivity index (χ0n) is 19.1. The first-order valence-electron chi connectivity index (χ1n) is 11.3. The van der Waals surface area contributed by atoms with E-state index in [0.29, 0.717) is 32.8 Å². The summed E-state index contributed by atoms with van der Waals surface area (Å²) in [6, 6.07) is 14.2. The Hall–Kier alpha value is -2.77. The van der Waals surface area contributed by atoms with Gasteiger partial charge in [0.15, 0.2) is 5.60 Å². The average molecular weight is 437 g/mol. The number of carbonyl (C=O) groups is 2. The summed E-state index contributed by atoms with van der Waals surface area (Å²) in [6.45, 7) is 6.62. The lowest BCUT2D eigenvalue weighted by atomic mass is 9.83. The van der Waals surface area contributed by atoms with Crippen LogP contribution >= 0.6 is 0 Å². The van der Waals surface area contributed by atoms with E-state index in [0.717, 1.165) is 11.1 Å². The van der Waals surface area contributed by atoms with Crippen LogP contribution in [0.1, 0.15) is 30.9 Å².